The van der Waals surface area contributed by atoms with Crippen LogP contribution in [0.2, 0.25) is 0 Å². The van der Waals surface area contributed by atoms with Crippen molar-refractivity contribution >= 4 is 10.9 Å². The first-order valence-corrected chi connectivity index (χ1v) is 8.43. The van der Waals surface area contributed by atoms with Gasteiger partial charge in [-0.05, 0) is 48.2 Å². The molecule has 0 fully saturated rings. The third kappa shape index (κ3) is 2.63. The fourth-order valence-electron chi connectivity index (χ4n) is 3.38. The van der Waals surface area contributed by atoms with Crippen LogP contribution in [0.5, 0.6) is 0 Å². The molecule has 3 aromatic carbocycles. The number of rotatable bonds is 3. The Balaban J connectivity index is 1.95. The van der Waals surface area contributed by atoms with Gasteiger partial charge in [0, 0.05) is 28.6 Å². The molecule has 1 aromatic heterocycles. The molecule has 1 N–H and O–H groups in total. The van der Waals surface area contributed by atoms with Crippen LogP contribution in [0.4, 0.5) is 0 Å². The van der Waals surface area contributed by atoms with Crippen molar-refractivity contribution in [3.63, 3.8) is 0 Å². The Labute approximate surface area is 143 Å². The van der Waals surface area contributed by atoms with Crippen LogP contribution in [-0.4, -0.2) is 4.98 Å². The second-order valence-corrected chi connectivity index (χ2v) is 6.49. The molecule has 0 aliphatic carbocycles. The molecule has 1 heterocycles. The van der Waals surface area contributed by atoms with Crippen molar-refractivity contribution in [2.75, 3.05) is 0 Å². The summed E-state index contributed by atoms with van der Waals surface area (Å²) >= 11 is 0. The minimum absolute atomic E-state index is 0.915. The van der Waals surface area contributed by atoms with Gasteiger partial charge in [0.2, 0.25) is 0 Å². The van der Waals surface area contributed by atoms with Crippen LogP contribution in [0.1, 0.15) is 22.4 Å². The number of fused-ring (bicyclic) bond motifs is 1. The molecular formula is C23H21N. The van der Waals surface area contributed by atoms with Crippen molar-refractivity contribution in [2.45, 2.75) is 20.3 Å². The standard InChI is InChI=1S/C23H21N/c1-16-13-20-21(14-17(16)2)24-22(15-18-9-5-3-6-10-18)23(20)19-11-7-4-8-12-19/h3-14,24H,15H2,1-2H3. The number of hydrogen-bond acceptors (Lipinski definition) is 0. The highest BCUT2D eigenvalue weighted by Gasteiger charge is 2.14. The molecule has 0 unspecified atom stereocenters. The molecule has 0 saturated heterocycles. The molecule has 0 spiro atoms. The fourth-order valence-corrected chi connectivity index (χ4v) is 3.38. The first-order valence-electron chi connectivity index (χ1n) is 8.43. The minimum atomic E-state index is 0.915. The number of aryl methyl sites for hydroxylation is 2. The van der Waals surface area contributed by atoms with E-state index in [9.17, 15) is 0 Å². The average molecular weight is 311 g/mol. The van der Waals surface area contributed by atoms with E-state index in [2.05, 4.69) is 91.6 Å². The molecule has 1 nitrogen and oxygen atoms in total. The molecule has 0 aliphatic heterocycles. The molecular weight excluding hydrogens is 290 g/mol. The highest BCUT2D eigenvalue weighted by molar-refractivity contribution is 5.98. The third-order valence-corrected chi connectivity index (χ3v) is 4.78. The molecule has 24 heavy (non-hydrogen) atoms. The molecule has 0 atom stereocenters. The molecule has 0 amide bonds. The Kier molecular flexibility index (Phi) is 3.70. The second-order valence-electron chi connectivity index (χ2n) is 6.49. The van der Waals surface area contributed by atoms with Gasteiger partial charge in [0.1, 0.15) is 0 Å². The number of aromatic nitrogens is 1. The number of H-pyrrole nitrogens is 1. The lowest BCUT2D eigenvalue weighted by Crippen LogP contribution is -1.91. The second kappa shape index (κ2) is 6.01. The molecule has 0 radical (unpaired) electrons. The summed E-state index contributed by atoms with van der Waals surface area (Å²) in [6.07, 6.45) is 0.915. The zero-order chi connectivity index (χ0) is 16.5. The highest BCUT2D eigenvalue weighted by Crippen LogP contribution is 2.35. The van der Waals surface area contributed by atoms with E-state index in [1.165, 1.54) is 44.4 Å². The van der Waals surface area contributed by atoms with Crippen molar-refractivity contribution in [3.05, 3.63) is 95.2 Å². The monoisotopic (exact) mass is 311 g/mol. The number of benzene rings is 3. The van der Waals surface area contributed by atoms with Crippen LogP contribution >= 0.6 is 0 Å². The quantitative estimate of drug-likeness (QED) is 0.474. The fraction of sp³-hybridized carbons (Fsp3) is 0.130. The lowest BCUT2D eigenvalue weighted by Gasteiger charge is -2.06. The van der Waals surface area contributed by atoms with Gasteiger partial charge in [0.25, 0.3) is 0 Å². The van der Waals surface area contributed by atoms with Crippen molar-refractivity contribution in [3.8, 4) is 11.1 Å². The maximum atomic E-state index is 3.68. The number of hydrogen-bond donors (Lipinski definition) is 1. The lowest BCUT2D eigenvalue weighted by molar-refractivity contribution is 1.12. The number of nitrogens with one attached hydrogen (secondary N) is 1. The van der Waals surface area contributed by atoms with E-state index >= 15 is 0 Å². The van der Waals surface area contributed by atoms with Crippen LogP contribution in [0, 0.1) is 13.8 Å². The van der Waals surface area contributed by atoms with E-state index in [-0.39, 0.29) is 0 Å². The summed E-state index contributed by atoms with van der Waals surface area (Å²) in [6.45, 7) is 4.36. The highest BCUT2D eigenvalue weighted by atomic mass is 14.7. The van der Waals surface area contributed by atoms with E-state index < -0.39 is 0 Å². The van der Waals surface area contributed by atoms with Crippen LogP contribution in [0.15, 0.2) is 72.8 Å². The summed E-state index contributed by atoms with van der Waals surface area (Å²) in [5, 5.41) is 1.32. The van der Waals surface area contributed by atoms with Crippen LogP contribution in [-0.2, 0) is 6.42 Å². The van der Waals surface area contributed by atoms with Gasteiger partial charge < -0.3 is 4.98 Å². The van der Waals surface area contributed by atoms with E-state index in [1.54, 1.807) is 0 Å². The maximum Gasteiger partial charge on any atom is 0.0465 e. The van der Waals surface area contributed by atoms with Gasteiger partial charge in [-0.25, -0.2) is 0 Å². The van der Waals surface area contributed by atoms with Gasteiger partial charge in [-0.3, -0.25) is 0 Å². The van der Waals surface area contributed by atoms with Crippen LogP contribution in [0.3, 0.4) is 0 Å². The molecule has 118 valence electrons. The predicted molar refractivity (Wildman–Crippen MR) is 102 cm³/mol. The zero-order valence-corrected chi connectivity index (χ0v) is 14.1. The lowest BCUT2D eigenvalue weighted by atomic mass is 9.97. The Morgan fingerprint density at radius 2 is 1.38 bits per heavy atom. The normalized spacial score (nSPS) is 11.1. The smallest absolute Gasteiger partial charge is 0.0465 e. The summed E-state index contributed by atoms with van der Waals surface area (Å²) < 4.78 is 0. The van der Waals surface area contributed by atoms with Crippen molar-refractivity contribution < 1.29 is 0 Å². The Bertz CT molecular complexity index is 979. The van der Waals surface area contributed by atoms with Gasteiger partial charge in [-0.1, -0.05) is 60.7 Å². The Morgan fingerprint density at radius 1 is 0.750 bits per heavy atom. The summed E-state index contributed by atoms with van der Waals surface area (Å²) in [4.78, 5) is 3.68. The maximum absolute atomic E-state index is 3.68. The van der Waals surface area contributed by atoms with Gasteiger partial charge >= 0.3 is 0 Å². The minimum Gasteiger partial charge on any atom is -0.358 e. The molecule has 0 bridgehead atoms. The van der Waals surface area contributed by atoms with E-state index in [1.807, 2.05) is 0 Å². The first kappa shape index (κ1) is 14.8. The van der Waals surface area contributed by atoms with Crippen molar-refractivity contribution in [1.82, 2.24) is 4.98 Å². The van der Waals surface area contributed by atoms with Crippen molar-refractivity contribution in [1.29, 1.82) is 0 Å². The SMILES string of the molecule is Cc1cc2[nH]c(Cc3ccccc3)c(-c3ccccc3)c2cc1C. The van der Waals surface area contributed by atoms with E-state index in [4.69, 9.17) is 0 Å². The largest absolute Gasteiger partial charge is 0.358 e. The molecule has 1 heteroatoms. The van der Waals surface area contributed by atoms with E-state index in [0.29, 0.717) is 0 Å². The summed E-state index contributed by atoms with van der Waals surface area (Å²) in [5.74, 6) is 0. The van der Waals surface area contributed by atoms with Crippen LogP contribution in [0.25, 0.3) is 22.0 Å². The summed E-state index contributed by atoms with van der Waals surface area (Å²) in [5.41, 5.74) is 9.11. The van der Waals surface area contributed by atoms with Crippen molar-refractivity contribution in [2.24, 2.45) is 0 Å². The molecule has 0 saturated carbocycles. The molecule has 4 aromatic rings. The van der Waals surface area contributed by atoms with Crippen LogP contribution < -0.4 is 0 Å². The van der Waals surface area contributed by atoms with Gasteiger partial charge in [-0.15, -0.1) is 0 Å². The topological polar surface area (TPSA) is 15.8 Å². The Morgan fingerprint density at radius 3 is 2.08 bits per heavy atom. The number of aromatic amines is 1. The molecule has 4 rings (SSSR count). The zero-order valence-electron chi connectivity index (χ0n) is 14.1. The molecule has 0 aliphatic rings. The third-order valence-electron chi connectivity index (χ3n) is 4.78. The first-order chi connectivity index (χ1) is 11.7. The van der Waals surface area contributed by atoms with Gasteiger partial charge in [0.05, 0.1) is 0 Å². The van der Waals surface area contributed by atoms with Gasteiger partial charge in [-0.2, -0.15) is 0 Å². The van der Waals surface area contributed by atoms with Gasteiger partial charge in [0.15, 0.2) is 0 Å². The Hall–Kier alpha value is -2.80. The van der Waals surface area contributed by atoms with E-state index in [0.717, 1.165) is 6.42 Å². The summed E-state index contributed by atoms with van der Waals surface area (Å²) in [7, 11) is 0. The predicted octanol–water partition coefficient (Wildman–Crippen LogP) is 6.04. The summed E-state index contributed by atoms with van der Waals surface area (Å²) in [6, 6.07) is 26.0. The average Bonchev–Trinajstić information content (AvgIpc) is 2.94.